The maximum absolute atomic E-state index is 13.1. The van der Waals surface area contributed by atoms with Gasteiger partial charge in [0.1, 0.15) is 11.3 Å². The van der Waals surface area contributed by atoms with Crippen molar-refractivity contribution in [2.24, 2.45) is 5.73 Å². The fourth-order valence-electron chi connectivity index (χ4n) is 4.46. The lowest BCUT2D eigenvalue weighted by Crippen LogP contribution is -2.55. The predicted octanol–water partition coefficient (Wildman–Crippen LogP) is 3.26. The van der Waals surface area contributed by atoms with Crippen molar-refractivity contribution in [3.63, 3.8) is 0 Å². The zero-order valence-electron chi connectivity index (χ0n) is 18.3. The predicted molar refractivity (Wildman–Crippen MR) is 119 cm³/mol. The topological polar surface area (TPSA) is 87.9 Å². The molecule has 0 radical (unpaired) electrons. The van der Waals surface area contributed by atoms with Gasteiger partial charge in [-0.2, -0.15) is 8.78 Å². The number of piperidine rings is 1. The molecular weight excluding hydrogens is 430 g/mol. The lowest BCUT2D eigenvalue weighted by molar-refractivity contribution is -0.133. The highest BCUT2D eigenvalue weighted by atomic mass is 19.3. The summed E-state index contributed by atoms with van der Waals surface area (Å²) in [7, 11) is 0. The van der Waals surface area contributed by atoms with Crippen LogP contribution in [0.2, 0.25) is 0 Å². The number of benzene rings is 2. The summed E-state index contributed by atoms with van der Waals surface area (Å²) in [5.41, 5.74) is 7.18. The summed E-state index contributed by atoms with van der Waals surface area (Å²) < 4.78 is 29.0. The number of amides is 3. The summed E-state index contributed by atoms with van der Waals surface area (Å²) in [6.07, 6.45) is 1.89. The molecular formula is C24H28F2N4O3. The van der Waals surface area contributed by atoms with E-state index in [0.29, 0.717) is 31.5 Å². The van der Waals surface area contributed by atoms with Gasteiger partial charge in [0.05, 0.1) is 6.54 Å². The molecule has 0 unspecified atom stereocenters. The van der Waals surface area contributed by atoms with E-state index in [-0.39, 0.29) is 24.2 Å². The number of nitrogens with one attached hydrogen (secondary N) is 1. The molecule has 3 N–H and O–H groups in total. The van der Waals surface area contributed by atoms with E-state index in [9.17, 15) is 18.4 Å². The lowest BCUT2D eigenvalue weighted by atomic mass is 9.87. The van der Waals surface area contributed by atoms with Crippen LogP contribution in [-0.4, -0.2) is 53.5 Å². The van der Waals surface area contributed by atoms with Crippen LogP contribution < -0.4 is 15.8 Å². The van der Waals surface area contributed by atoms with Crippen LogP contribution in [0.15, 0.2) is 54.6 Å². The monoisotopic (exact) mass is 458 g/mol. The van der Waals surface area contributed by atoms with Crippen LogP contribution in [-0.2, 0) is 11.3 Å². The normalized spacial score (nSPS) is 19.2. The van der Waals surface area contributed by atoms with Crippen molar-refractivity contribution in [3.8, 4) is 5.75 Å². The Hall–Kier alpha value is -3.04. The van der Waals surface area contributed by atoms with E-state index >= 15 is 0 Å². The molecule has 1 atom stereocenters. The Labute approximate surface area is 191 Å². The third-order valence-corrected chi connectivity index (χ3v) is 6.43. The van der Waals surface area contributed by atoms with E-state index < -0.39 is 18.2 Å². The first kappa shape index (κ1) is 23.1. The molecule has 1 spiro atoms. The molecule has 2 saturated heterocycles. The van der Waals surface area contributed by atoms with Crippen LogP contribution in [0.3, 0.4) is 0 Å². The molecule has 9 heteroatoms. The molecule has 4 rings (SSSR count). The van der Waals surface area contributed by atoms with Gasteiger partial charge in [-0.15, -0.1) is 0 Å². The van der Waals surface area contributed by atoms with E-state index in [1.165, 1.54) is 17.0 Å². The lowest BCUT2D eigenvalue weighted by Gasteiger charge is -2.37. The quantitative estimate of drug-likeness (QED) is 0.593. The molecule has 2 fully saturated rings. The van der Waals surface area contributed by atoms with Crippen LogP contribution in [0, 0.1) is 0 Å². The second kappa shape index (κ2) is 9.84. The first-order valence-electron chi connectivity index (χ1n) is 11.1. The summed E-state index contributed by atoms with van der Waals surface area (Å²) in [6.45, 7) is -0.606. The van der Waals surface area contributed by atoms with Gasteiger partial charge < -0.3 is 20.7 Å². The second-order valence-corrected chi connectivity index (χ2v) is 8.57. The van der Waals surface area contributed by atoms with E-state index in [1.807, 2.05) is 30.3 Å². The number of carbonyl (C=O) groups is 2. The molecule has 0 saturated carbocycles. The van der Waals surface area contributed by atoms with Crippen molar-refractivity contribution in [2.45, 2.75) is 44.0 Å². The molecule has 0 aliphatic carbocycles. The molecule has 2 aromatic rings. The molecule has 3 amide bonds. The zero-order chi connectivity index (χ0) is 23.4. The summed E-state index contributed by atoms with van der Waals surface area (Å²) in [6, 6.07) is 15.4. The molecule has 2 heterocycles. The first-order chi connectivity index (χ1) is 15.9. The Bertz CT molecular complexity index is 963. The Morgan fingerprint density at radius 3 is 2.33 bits per heavy atom. The van der Waals surface area contributed by atoms with Crippen molar-refractivity contribution >= 4 is 11.9 Å². The SMILES string of the molecule is N[C@@H](CCN1CCC2(CC1)NC(=O)N(Cc1ccc(OC(F)F)cc1)C2=O)c1ccccc1. The number of carbonyl (C=O) groups excluding carboxylic acids is 2. The summed E-state index contributed by atoms with van der Waals surface area (Å²) in [5.74, 6) is -0.206. The molecule has 7 nitrogen and oxygen atoms in total. The van der Waals surface area contributed by atoms with Gasteiger partial charge in [0.2, 0.25) is 0 Å². The molecule has 2 aromatic carbocycles. The van der Waals surface area contributed by atoms with Gasteiger partial charge in [-0.1, -0.05) is 42.5 Å². The number of nitrogens with zero attached hydrogens (tertiary/aromatic N) is 2. The minimum Gasteiger partial charge on any atom is -0.435 e. The van der Waals surface area contributed by atoms with Crippen LogP contribution in [0.1, 0.15) is 36.4 Å². The van der Waals surface area contributed by atoms with Crippen LogP contribution in [0.4, 0.5) is 13.6 Å². The van der Waals surface area contributed by atoms with Gasteiger partial charge in [0.25, 0.3) is 5.91 Å². The Balaban J connectivity index is 1.30. The number of nitrogens with two attached hydrogens (primary N) is 1. The van der Waals surface area contributed by atoms with Crippen molar-refractivity contribution in [1.29, 1.82) is 0 Å². The van der Waals surface area contributed by atoms with E-state index in [1.54, 1.807) is 12.1 Å². The van der Waals surface area contributed by atoms with Gasteiger partial charge in [-0.05, 0) is 49.1 Å². The van der Waals surface area contributed by atoms with Crippen molar-refractivity contribution in [2.75, 3.05) is 19.6 Å². The third-order valence-electron chi connectivity index (χ3n) is 6.43. The van der Waals surface area contributed by atoms with Gasteiger partial charge in [0, 0.05) is 19.1 Å². The minimum atomic E-state index is -2.90. The maximum Gasteiger partial charge on any atom is 0.387 e. The smallest absolute Gasteiger partial charge is 0.387 e. The highest BCUT2D eigenvalue weighted by molar-refractivity contribution is 6.07. The van der Waals surface area contributed by atoms with Crippen LogP contribution in [0.25, 0.3) is 0 Å². The average Bonchev–Trinajstić information content (AvgIpc) is 3.04. The molecule has 33 heavy (non-hydrogen) atoms. The Morgan fingerprint density at radius 2 is 1.70 bits per heavy atom. The number of rotatable bonds is 8. The summed E-state index contributed by atoms with van der Waals surface area (Å²) in [4.78, 5) is 29.2. The van der Waals surface area contributed by atoms with E-state index in [2.05, 4.69) is 15.0 Å². The summed E-state index contributed by atoms with van der Waals surface area (Å²) in [5, 5.41) is 2.90. The third kappa shape index (κ3) is 5.31. The van der Waals surface area contributed by atoms with Crippen molar-refractivity contribution in [3.05, 3.63) is 65.7 Å². The van der Waals surface area contributed by atoms with E-state index in [0.717, 1.165) is 18.5 Å². The fourth-order valence-corrected chi connectivity index (χ4v) is 4.46. The minimum absolute atomic E-state index is 0.0294. The van der Waals surface area contributed by atoms with E-state index in [4.69, 9.17) is 5.73 Å². The largest absolute Gasteiger partial charge is 0.435 e. The number of imide groups is 1. The Kier molecular flexibility index (Phi) is 6.90. The van der Waals surface area contributed by atoms with Gasteiger partial charge in [-0.25, -0.2) is 4.79 Å². The summed E-state index contributed by atoms with van der Waals surface area (Å²) >= 11 is 0. The number of hydrogen-bond donors (Lipinski definition) is 2. The van der Waals surface area contributed by atoms with Crippen LogP contribution >= 0.6 is 0 Å². The molecule has 2 aliphatic heterocycles. The second-order valence-electron chi connectivity index (χ2n) is 8.57. The number of hydrogen-bond acceptors (Lipinski definition) is 5. The standard InChI is InChI=1S/C24H28F2N4O3/c25-22(26)33-19-8-6-17(7-9-19)16-30-21(31)24(28-23(30)32)11-14-29(15-12-24)13-10-20(27)18-4-2-1-3-5-18/h1-9,20,22H,10-16,27H2,(H,28,32)/t20-/m0/s1. The van der Waals surface area contributed by atoms with Crippen molar-refractivity contribution < 1.29 is 23.1 Å². The average molecular weight is 459 g/mol. The molecule has 176 valence electrons. The number of urea groups is 1. The van der Waals surface area contributed by atoms with Crippen molar-refractivity contribution in [1.82, 2.24) is 15.1 Å². The van der Waals surface area contributed by atoms with Crippen LogP contribution in [0.5, 0.6) is 5.75 Å². The molecule has 2 aliphatic rings. The number of ether oxygens (including phenoxy) is 1. The van der Waals surface area contributed by atoms with Gasteiger partial charge in [-0.3, -0.25) is 9.69 Å². The fraction of sp³-hybridized carbons (Fsp3) is 0.417. The number of likely N-dealkylation sites (tertiary alicyclic amines) is 1. The van der Waals surface area contributed by atoms with Gasteiger partial charge in [0.15, 0.2) is 0 Å². The number of halogens is 2. The first-order valence-corrected chi connectivity index (χ1v) is 11.1. The number of alkyl halides is 2. The zero-order valence-corrected chi connectivity index (χ0v) is 18.3. The maximum atomic E-state index is 13.1. The van der Waals surface area contributed by atoms with Gasteiger partial charge >= 0.3 is 12.6 Å². The highest BCUT2D eigenvalue weighted by Gasteiger charge is 2.52. The Morgan fingerprint density at radius 1 is 1.03 bits per heavy atom. The highest BCUT2D eigenvalue weighted by Crippen LogP contribution is 2.31. The molecule has 0 aromatic heterocycles. The molecule has 0 bridgehead atoms.